The van der Waals surface area contributed by atoms with Crippen molar-refractivity contribution in [2.24, 2.45) is 0 Å². The number of fused-ring (bicyclic) bond motifs is 2. The molecule has 0 nitrogen and oxygen atoms in total. The van der Waals surface area contributed by atoms with Crippen molar-refractivity contribution in [3.63, 3.8) is 0 Å². The van der Waals surface area contributed by atoms with Crippen molar-refractivity contribution in [1.82, 2.24) is 0 Å². The Morgan fingerprint density at radius 1 is 0.929 bits per heavy atom. The van der Waals surface area contributed by atoms with Crippen LogP contribution in [-0.4, -0.2) is 18.7 Å². The molecular weight excluding hydrogens is 415 g/mol. The van der Waals surface area contributed by atoms with E-state index < -0.39 is 0 Å². The molecule has 4 heterocycles. The van der Waals surface area contributed by atoms with E-state index in [9.17, 15) is 0 Å². The van der Waals surface area contributed by atoms with Gasteiger partial charge in [-0.3, -0.25) is 0 Å². The Balaban J connectivity index is 1.65. The summed E-state index contributed by atoms with van der Waals surface area (Å²) in [5, 5.41) is 2.49. The Morgan fingerprint density at radius 3 is 2.50 bits per heavy atom. The molecule has 5 rings (SSSR count). The highest BCUT2D eigenvalue weighted by Gasteiger charge is 2.30. The van der Waals surface area contributed by atoms with Gasteiger partial charge in [-0.15, -0.1) is 46.2 Å². The third kappa shape index (κ3) is 3.48. The monoisotopic (exact) mass is 444 g/mol. The number of hydrogen-bond donors (Lipinski definition) is 0. The van der Waals surface area contributed by atoms with Crippen LogP contribution in [0.4, 0.5) is 0 Å². The summed E-state index contributed by atoms with van der Waals surface area (Å²) in [6, 6.07) is 0. The molecule has 3 aliphatic rings. The summed E-state index contributed by atoms with van der Waals surface area (Å²) < 4.78 is 0. The van der Waals surface area contributed by atoms with Crippen LogP contribution < -0.4 is 5.46 Å². The zero-order chi connectivity index (χ0) is 19.1. The lowest BCUT2D eigenvalue weighted by molar-refractivity contribution is 0.690. The molecule has 1 saturated heterocycles. The topological polar surface area (TPSA) is 0 Å². The number of allylic oxidation sites excluding steroid dienone is 1. The zero-order valence-electron chi connectivity index (χ0n) is 17.1. The van der Waals surface area contributed by atoms with E-state index in [0.717, 1.165) is 6.71 Å². The van der Waals surface area contributed by atoms with Gasteiger partial charge < -0.3 is 0 Å². The van der Waals surface area contributed by atoms with Crippen LogP contribution in [0.5, 0.6) is 0 Å². The Kier molecular flexibility index (Phi) is 6.07. The fraction of sp³-hybridized carbons (Fsp3) is 0.565. The Morgan fingerprint density at radius 2 is 1.71 bits per heavy atom. The normalized spacial score (nSPS) is 21.4. The molecule has 2 aliphatic heterocycles. The van der Waals surface area contributed by atoms with E-state index in [-0.39, 0.29) is 0 Å². The Hall–Kier alpha value is -0.0951. The van der Waals surface area contributed by atoms with Crippen molar-refractivity contribution < 1.29 is 0 Å². The van der Waals surface area contributed by atoms with Gasteiger partial charge in [0.1, 0.15) is 0 Å². The highest BCUT2D eigenvalue weighted by Crippen LogP contribution is 2.50. The van der Waals surface area contributed by atoms with Crippen molar-refractivity contribution in [3.8, 4) is 9.75 Å². The molecule has 2 aromatic heterocycles. The van der Waals surface area contributed by atoms with Gasteiger partial charge in [-0.1, -0.05) is 25.0 Å². The van der Waals surface area contributed by atoms with E-state index in [1.165, 1.54) is 69.9 Å². The van der Waals surface area contributed by atoms with Gasteiger partial charge in [0, 0.05) is 19.5 Å². The third-order valence-electron chi connectivity index (χ3n) is 6.69. The molecule has 0 unspecified atom stereocenters. The molecule has 5 heteroatoms. The Bertz CT molecular complexity index is 896. The maximum Gasteiger partial charge on any atom is 0.174 e. The summed E-state index contributed by atoms with van der Waals surface area (Å²) >= 11 is 8.35. The lowest BCUT2D eigenvalue weighted by Gasteiger charge is -2.19. The number of rotatable bonds is 3. The summed E-state index contributed by atoms with van der Waals surface area (Å²) in [5.74, 6) is 1.32. The lowest BCUT2D eigenvalue weighted by atomic mass is 9.41. The van der Waals surface area contributed by atoms with Crippen LogP contribution in [0.15, 0.2) is 10.3 Å². The maximum atomic E-state index is 2.49. The zero-order valence-corrected chi connectivity index (χ0v) is 20.3. The molecule has 0 aromatic carbocycles. The van der Waals surface area contributed by atoms with Gasteiger partial charge in [0.15, 0.2) is 6.71 Å². The van der Waals surface area contributed by atoms with Gasteiger partial charge in [0.05, 0.1) is 0 Å². The first-order valence-electron chi connectivity index (χ1n) is 10.9. The van der Waals surface area contributed by atoms with Gasteiger partial charge in [-0.25, -0.2) is 0 Å². The highest BCUT2D eigenvalue weighted by atomic mass is 32.2. The lowest BCUT2D eigenvalue weighted by Crippen LogP contribution is -2.31. The molecule has 2 aromatic rings. The van der Waals surface area contributed by atoms with Gasteiger partial charge >= 0.3 is 0 Å². The van der Waals surface area contributed by atoms with Crippen LogP contribution in [0.2, 0.25) is 13.1 Å². The molecule has 0 saturated carbocycles. The predicted molar refractivity (Wildman–Crippen MR) is 135 cm³/mol. The van der Waals surface area contributed by atoms with E-state index in [0.29, 0.717) is 0 Å². The summed E-state index contributed by atoms with van der Waals surface area (Å²) in [6.07, 6.45) is 15.8. The van der Waals surface area contributed by atoms with Gasteiger partial charge in [-0.2, -0.15) is 0 Å². The summed E-state index contributed by atoms with van der Waals surface area (Å²) in [4.78, 5) is 8.24. The minimum Gasteiger partial charge on any atom is -0.143 e. The molecule has 0 atom stereocenters. The SMILES string of the molecule is CS/C(=C1\CCCCS1)c1sc(-c2scc3c2CCCB3C)c2c1CCCC2. The van der Waals surface area contributed by atoms with E-state index in [1.54, 1.807) is 46.6 Å². The van der Waals surface area contributed by atoms with Crippen molar-refractivity contribution >= 4 is 63.3 Å². The van der Waals surface area contributed by atoms with Crippen LogP contribution in [-0.2, 0) is 19.3 Å². The first-order chi connectivity index (χ1) is 13.8. The fourth-order valence-corrected chi connectivity index (χ4v) is 10.6. The molecule has 1 aliphatic carbocycles. The van der Waals surface area contributed by atoms with Crippen molar-refractivity contribution in [3.05, 3.63) is 31.9 Å². The van der Waals surface area contributed by atoms with E-state index in [1.807, 2.05) is 23.1 Å². The Labute approximate surface area is 187 Å². The summed E-state index contributed by atoms with van der Waals surface area (Å²) in [6.45, 7) is 3.19. The molecule has 0 spiro atoms. The first-order valence-corrected chi connectivity index (χ1v) is 14.8. The van der Waals surface area contributed by atoms with Crippen molar-refractivity contribution in [2.75, 3.05) is 12.0 Å². The minimum absolute atomic E-state index is 0.756. The second kappa shape index (κ2) is 8.57. The summed E-state index contributed by atoms with van der Waals surface area (Å²) in [5.41, 5.74) is 6.81. The van der Waals surface area contributed by atoms with E-state index >= 15 is 0 Å². The summed E-state index contributed by atoms with van der Waals surface area (Å²) in [7, 11) is 0. The average molecular weight is 445 g/mol. The smallest absolute Gasteiger partial charge is 0.143 e. The minimum atomic E-state index is 0.756. The number of hydrogen-bond acceptors (Lipinski definition) is 4. The molecule has 1 fully saturated rings. The number of thiophene rings is 2. The molecule has 0 amide bonds. The van der Waals surface area contributed by atoms with Crippen LogP contribution in [0.3, 0.4) is 0 Å². The van der Waals surface area contributed by atoms with Gasteiger partial charge in [0.25, 0.3) is 0 Å². The average Bonchev–Trinajstić information content (AvgIpc) is 3.32. The standard InChI is InChI=1S/C23H29BS4/c1-24-12-7-10-17-18(24)14-27-20(17)21-15-8-3-4-9-16(15)22(28-21)23(25-2)19-11-5-6-13-26-19/h14H,3-13H2,1-2H3/b23-19+. The molecule has 148 valence electrons. The number of thioether (sulfide) groups is 2. The van der Waals surface area contributed by atoms with Crippen molar-refractivity contribution in [2.45, 2.75) is 70.9 Å². The second-order valence-electron chi connectivity index (χ2n) is 8.48. The van der Waals surface area contributed by atoms with Crippen LogP contribution in [0.25, 0.3) is 14.7 Å². The molecule has 0 bridgehead atoms. The first kappa shape index (κ1) is 19.8. The molecule has 28 heavy (non-hydrogen) atoms. The quantitative estimate of drug-likeness (QED) is 0.448. The van der Waals surface area contributed by atoms with E-state index in [4.69, 9.17) is 0 Å². The van der Waals surface area contributed by atoms with Gasteiger partial charge in [-0.05, 0) is 90.4 Å². The third-order valence-corrected chi connectivity index (χ3v) is 11.5. The van der Waals surface area contributed by atoms with Crippen LogP contribution in [0, 0.1) is 0 Å². The van der Waals surface area contributed by atoms with Crippen LogP contribution >= 0.6 is 46.2 Å². The molecule has 0 N–H and O–H groups in total. The second-order valence-corrected chi connectivity index (χ2v) is 12.4. The van der Waals surface area contributed by atoms with Crippen LogP contribution in [0.1, 0.15) is 60.1 Å². The predicted octanol–water partition coefficient (Wildman–Crippen LogP) is 7.58. The molecule has 0 radical (unpaired) electrons. The van der Waals surface area contributed by atoms with E-state index in [2.05, 4.69) is 41.6 Å². The fourth-order valence-electron chi connectivity index (χ4n) is 5.16. The maximum absolute atomic E-state index is 2.49. The van der Waals surface area contributed by atoms with Crippen molar-refractivity contribution in [1.29, 1.82) is 0 Å². The highest BCUT2D eigenvalue weighted by molar-refractivity contribution is 8.10. The van der Waals surface area contributed by atoms with Gasteiger partial charge in [0.2, 0.25) is 0 Å². The molecular formula is C23H29BS4. The largest absolute Gasteiger partial charge is 0.174 e.